The molecule has 3 heterocycles. The first-order valence-electron chi connectivity index (χ1n) is 16.7. The van der Waals surface area contributed by atoms with E-state index in [9.17, 15) is 0 Å². The molecule has 9 nitrogen and oxygen atoms in total. The van der Waals surface area contributed by atoms with Crippen LogP contribution in [0.1, 0.15) is 65.3 Å². The third-order valence-corrected chi connectivity index (χ3v) is 19.1. The first-order chi connectivity index (χ1) is 22.0. The topological polar surface area (TPSA) is 92.6 Å². The van der Waals surface area contributed by atoms with Crippen LogP contribution in [0.25, 0.3) is 11.2 Å². The fourth-order valence-corrected chi connectivity index (χ4v) is 7.36. The second-order valence-electron chi connectivity index (χ2n) is 15.6. The van der Waals surface area contributed by atoms with Crippen LogP contribution in [0.4, 0.5) is 5.95 Å². The van der Waals surface area contributed by atoms with Gasteiger partial charge >= 0.3 is 0 Å². The van der Waals surface area contributed by atoms with Gasteiger partial charge in [0.1, 0.15) is 18.9 Å². The van der Waals surface area contributed by atoms with Gasteiger partial charge in [0.25, 0.3) is 0 Å². The average Bonchev–Trinajstić information content (AvgIpc) is 3.61. The summed E-state index contributed by atoms with van der Waals surface area (Å²) in [6.07, 6.45) is 1.80. The van der Waals surface area contributed by atoms with Crippen molar-refractivity contribution in [3.05, 3.63) is 78.1 Å². The summed E-state index contributed by atoms with van der Waals surface area (Å²) in [5.74, 6) is 0.897. The van der Waals surface area contributed by atoms with E-state index >= 15 is 0 Å². The minimum absolute atomic E-state index is 0.0647. The number of aromatic nitrogens is 4. The van der Waals surface area contributed by atoms with Crippen molar-refractivity contribution >= 4 is 33.7 Å². The molecular formula is C36H53N5O4Si2. The van der Waals surface area contributed by atoms with Crippen LogP contribution in [0.2, 0.25) is 36.3 Å². The van der Waals surface area contributed by atoms with E-state index in [0.29, 0.717) is 49.2 Å². The molecule has 47 heavy (non-hydrogen) atoms. The summed E-state index contributed by atoms with van der Waals surface area (Å²) < 4.78 is 28.9. The van der Waals surface area contributed by atoms with Crippen molar-refractivity contribution in [1.82, 2.24) is 19.5 Å². The Balaban J connectivity index is 1.46. The lowest BCUT2D eigenvalue weighted by Gasteiger charge is -2.40. The zero-order valence-electron chi connectivity index (χ0n) is 29.8. The Labute approximate surface area is 282 Å². The summed E-state index contributed by atoms with van der Waals surface area (Å²) in [7, 11) is -4.11. The maximum Gasteiger partial charge on any atom is 0.247 e. The van der Waals surface area contributed by atoms with E-state index < -0.39 is 16.6 Å². The number of rotatable bonds is 12. The monoisotopic (exact) mass is 675 g/mol. The Morgan fingerprint density at radius 3 is 2.09 bits per heavy atom. The second-order valence-corrected chi connectivity index (χ2v) is 25.2. The standard InChI is InChI=1S/C36H53N5O4Si2/c1-35(2,3)46(7,8)43-24-29-28(45-47(9,10)36(4,5)6)21-30(44-29)41-25-38-31-32(41)39-34(37-22-26-17-13-11-14-18-26)40-33(31)42-23-27-19-15-12-16-20-27/h11-20,25,28-30H,21-24H2,1-10H3,(H,37,39,40)/t28-,29+,30?/m0/s1. The number of imidazole rings is 1. The van der Waals surface area contributed by atoms with Gasteiger partial charge in [0.05, 0.1) is 19.0 Å². The van der Waals surface area contributed by atoms with Crippen LogP contribution in [-0.2, 0) is 26.7 Å². The largest absolute Gasteiger partial charge is 0.471 e. The normalized spacial score (nSPS) is 19.3. The predicted molar refractivity (Wildman–Crippen MR) is 194 cm³/mol. The Hall–Kier alpha value is -3.10. The summed E-state index contributed by atoms with van der Waals surface area (Å²) >= 11 is 0. The number of anilines is 1. The molecule has 1 aliphatic rings. The van der Waals surface area contributed by atoms with Crippen molar-refractivity contribution in [2.24, 2.45) is 0 Å². The van der Waals surface area contributed by atoms with Gasteiger partial charge in [-0.3, -0.25) is 4.57 Å². The van der Waals surface area contributed by atoms with Gasteiger partial charge in [-0.25, -0.2) is 4.98 Å². The Kier molecular flexibility index (Phi) is 10.3. The molecule has 0 aliphatic carbocycles. The molecular weight excluding hydrogens is 623 g/mol. The zero-order chi connectivity index (χ0) is 34.0. The van der Waals surface area contributed by atoms with Crippen LogP contribution in [0.3, 0.4) is 0 Å². The van der Waals surface area contributed by atoms with Gasteiger partial charge in [0.2, 0.25) is 11.8 Å². The van der Waals surface area contributed by atoms with Gasteiger partial charge in [0, 0.05) is 13.0 Å². The van der Waals surface area contributed by atoms with Crippen molar-refractivity contribution < 1.29 is 18.3 Å². The van der Waals surface area contributed by atoms with Crippen LogP contribution < -0.4 is 10.1 Å². The number of hydrogen-bond acceptors (Lipinski definition) is 8. The van der Waals surface area contributed by atoms with E-state index in [0.717, 1.165) is 11.1 Å². The number of nitrogens with one attached hydrogen (secondary N) is 1. The third-order valence-electron chi connectivity index (χ3n) is 10.1. The number of hydrogen-bond donors (Lipinski definition) is 1. The number of ether oxygens (including phenoxy) is 2. The van der Waals surface area contributed by atoms with Crippen LogP contribution >= 0.6 is 0 Å². The van der Waals surface area contributed by atoms with Crippen LogP contribution in [0, 0.1) is 0 Å². The summed E-state index contributed by atoms with van der Waals surface area (Å²) in [5.41, 5.74) is 3.43. The van der Waals surface area contributed by atoms with E-state index in [1.165, 1.54) is 0 Å². The Morgan fingerprint density at radius 2 is 1.47 bits per heavy atom. The minimum Gasteiger partial charge on any atom is -0.471 e. The van der Waals surface area contributed by atoms with Gasteiger partial charge in [0.15, 0.2) is 27.8 Å². The van der Waals surface area contributed by atoms with Crippen molar-refractivity contribution in [1.29, 1.82) is 0 Å². The van der Waals surface area contributed by atoms with Gasteiger partial charge in [-0.1, -0.05) is 102 Å². The molecule has 1 unspecified atom stereocenters. The van der Waals surface area contributed by atoms with E-state index in [4.69, 9.17) is 33.3 Å². The highest BCUT2D eigenvalue weighted by atomic mass is 28.4. The molecule has 1 N–H and O–H groups in total. The van der Waals surface area contributed by atoms with Crippen molar-refractivity contribution in [2.45, 2.75) is 116 Å². The molecule has 2 aromatic carbocycles. The quantitative estimate of drug-likeness (QED) is 0.149. The molecule has 1 saturated heterocycles. The van der Waals surface area contributed by atoms with Crippen LogP contribution in [0.15, 0.2) is 67.0 Å². The second kappa shape index (κ2) is 13.8. The highest BCUT2D eigenvalue weighted by Crippen LogP contribution is 2.43. The Bertz CT molecular complexity index is 1620. The molecule has 0 radical (unpaired) electrons. The molecule has 3 atom stereocenters. The maximum absolute atomic E-state index is 7.04. The predicted octanol–water partition coefficient (Wildman–Crippen LogP) is 8.72. The van der Waals surface area contributed by atoms with E-state index in [2.05, 4.69) is 85.2 Å². The third kappa shape index (κ3) is 8.32. The fraction of sp³-hybridized carbons (Fsp3) is 0.528. The summed E-state index contributed by atoms with van der Waals surface area (Å²) in [6.45, 7) is 24.2. The van der Waals surface area contributed by atoms with E-state index in [-0.39, 0.29) is 28.5 Å². The van der Waals surface area contributed by atoms with E-state index in [1.54, 1.807) is 6.33 Å². The lowest BCUT2D eigenvalue weighted by Crippen LogP contribution is -2.48. The molecule has 0 spiro atoms. The van der Waals surface area contributed by atoms with E-state index in [1.807, 2.05) is 53.1 Å². The number of nitrogens with zero attached hydrogens (tertiary/aromatic N) is 4. The lowest BCUT2D eigenvalue weighted by atomic mass is 10.2. The highest BCUT2D eigenvalue weighted by Gasteiger charge is 2.47. The summed E-state index contributed by atoms with van der Waals surface area (Å²) in [6, 6.07) is 20.3. The van der Waals surface area contributed by atoms with Crippen LogP contribution in [0.5, 0.6) is 5.88 Å². The van der Waals surface area contributed by atoms with Crippen molar-refractivity contribution in [3.63, 3.8) is 0 Å². The molecule has 4 aromatic rings. The smallest absolute Gasteiger partial charge is 0.247 e. The molecule has 0 saturated carbocycles. The summed E-state index contributed by atoms with van der Waals surface area (Å²) in [4.78, 5) is 14.5. The summed E-state index contributed by atoms with van der Waals surface area (Å²) in [5, 5.41) is 3.56. The first kappa shape index (κ1) is 35.2. The minimum atomic E-state index is -2.10. The zero-order valence-corrected chi connectivity index (χ0v) is 31.8. The van der Waals surface area contributed by atoms with Gasteiger partial charge in [-0.15, -0.1) is 0 Å². The molecule has 11 heteroatoms. The average molecular weight is 676 g/mol. The lowest BCUT2D eigenvalue weighted by molar-refractivity contribution is -0.0383. The molecule has 5 rings (SSSR count). The molecule has 254 valence electrons. The van der Waals surface area contributed by atoms with Crippen molar-refractivity contribution in [3.8, 4) is 5.88 Å². The molecule has 0 amide bonds. The van der Waals surface area contributed by atoms with Crippen molar-refractivity contribution in [2.75, 3.05) is 11.9 Å². The first-order valence-corrected chi connectivity index (χ1v) is 22.5. The Morgan fingerprint density at radius 1 is 0.851 bits per heavy atom. The SMILES string of the molecule is CC(C)(C)[Si](C)(C)OC[C@H]1OC(n2cnc3c(OCc4ccccc4)nc(NCc4ccccc4)nc32)C[C@@H]1O[Si](C)(C)C(C)(C)C. The maximum atomic E-state index is 7.04. The molecule has 1 aliphatic heterocycles. The van der Waals surface area contributed by atoms with Gasteiger partial charge in [-0.05, 0) is 47.4 Å². The molecule has 1 fully saturated rings. The fourth-order valence-electron chi connectivity index (χ4n) is 4.99. The molecule has 0 bridgehead atoms. The van der Waals surface area contributed by atoms with Gasteiger partial charge < -0.3 is 23.6 Å². The highest BCUT2D eigenvalue weighted by molar-refractivity contribution is 6.74. The number of fused-ring (bicyclic) bond motifs is 1. The van der Waals surface area contributed by atoms with Crippen LogP contribution in [-0.4, -0.2) is 55.0 Å². The van der Waals surface area contributed by atoms with Gasteiger partial charge in [-0.2, -0.15) is 9.97 Å². The molecule has 2 aromatic heterocycles. The number of benzene rings is 2.